The highest BCUT2D eigenvalue weighted by molar-refractivity contribution is 6.21. The molecule has 1 heterocycles. The molecule has 0 radical (unpaired) electrons. The number of para-hydroxylation sites is 1. The summed E-state index contributed by atoms with van der Waals surface area (Å²) in [6.45, 7) is 12.0. The van der Waals surface area contributed by atoms with Crippen molar-refractivity contribution in [2.75, 3.05) is 4.90 Å². The maximum absolute atomic E-state index is 12.1. The smallest absolute Gasteiger partial charge is 0.272 e. The van der Waals surface area contributed by atoms with Crippen LogP contribution >= 0.6 is 0 Å². The molecular weight excluding hydrogens is 252 g/mol. The molecule has 106 valence electrons. The Bertz CT molecular complexity index is 562. The Kier molecular flexibility index (Phi) is 3.66. The lowest BCUT2D eigenvalue weighted by Crippen LogP contribution is -2.29. The summed E-state index contributed by atoms with van der Waals surface area (Å²) in [7, 11) is 0. The molecule has 0 aromatic heterocycles. The Morgan fingerprint density at radius 3 is 1.90 bits per heavy atom. The Morgan fingerprint density at radius 2 is 1.55 bits per heavy atom. The summed E-state index contributed by atoms with van der Waals surface area (Å²) < 4.78 is 0. The fraction of sp³-hybridized carbons (Fsp3) is 0.375. The first-order valence-corrected chi connectivity index (χ1v) is 6.81. The molecule has 0 bridgehead atoms. The number of carbonyl (C=O) groups excluding carboxylic acids is 2. The lowest BCUT2D eigenvalue weighted by molar-refractivity contribution is -0.115. The second kappa shape index (κ2) is 5.12. The van der Waals surface area contributed by atoms with E-state index < -0.39 is 11.9 Å². The van der Waals surface area contributed by atoms with Gasteiger partial charge in [0.25, 0.3) is 5.91 Å². The van der Waals surface area contributed by atoms with Gasteiger partial charge in [0.2, 0.25) is 0 Å². The molecule has 0 spiro atoms. The van der Waals surface area contributed by atoms with Gasteiger partial charge in [-0.3, -0.25) is 15.0 Å². The lowest BCUT2D eigenvalue weighted by Gasteiger charge is -2.25. The molecule has 2 rings (SSSR count). The molecule has 0 unspecified atom stereocenters. The van der Waals surface area contributed by atoms with E-state index in [1.165, 1.54) is 4.90 Å². The first kappa shape index (κ1) is 14.3. The molecule has 1 saturated heterocycles. The highest BCUT2D eigenvalue weighted by Gasteiger charge is 2.35. The zero-order chi connectivity index (χ0) is 15.0. The van der Waals surface area contributed by atoms with Crippen LogP contribution in [-0.4, -0.2) is 11.9 Å². The van der Waals surface area contributed by atoms with Crippen LogP contribution in [0.5, 0.6) is 0 Å². The predicted molar refractivity (Wildman–Crippen MR) is 79.8 cm³/mol. The van der Waals surface area contributed by atoms with E-state index in [9.17, 15) is 9.59 Å². The van der Waals surface area contributed by atoms with Gasteiger partial charge in [0.05, 0.1) is 5.69 Å². The van der Waals surface area contributed by atoms with Gasteiger partial charge in [-0.15, -0.1) is 0 Å². The summed E-state index contributed by atoms with van der Waals surface area (Å²) in [5.41, 5.74) is 3.07. The molecule has 1 aromatic carbocycles. The quantitative estimate of drug-likeness (QED) is 0.676. The fourth-order valence-corrected chi connectivity index (χ4v) is 2.46. The third-order valence-electron chi connectivity index (χ3n) is 3.52. The van der Waals surface area contributed by atoms with Crippen molar-refractivity contribution in [2.45, 2.75) is 39.5 Å². The predicted octanol–water partition coefficient (Wildman–Crippen LogP) is 3.50. The number of imide groups is 1. The fourth-order valence-electron chi connectivity index (χ4n) is 2.46. The number of nitrogens with zero attached hydrogens (tertiary/aromatic N) is 1. The molecule has 1 N–H and O–H groups in total. The van der Waals surface area contributed by atoms with E-state index in [1.54, 1.807) is 0 Å². The normalized spacial score (nSPS) is 15.5. The minimum atomic E-state index is -0.428. The van der Waals surface area contributed by atoms with Gasteiger partial charge in [-0.2, -0.15) is 0 Å². The number of nitrogens with one attached hydrogen (secondary N) is 1. The number of hydrogen-bond acceptors (Lipinski definition) is 2. The average Bonchev–Trinajstić information content (AvgIpc) is 2.62. The summed E-state index contributed by atoms with van der Waals surface area (Å²) >= 11 is 0. The topological polar surface area (TPSA) is 49.4 Å². The highest BCUT2D eigenvalue weighted by atomic mass is 16.2. The summed E-state index contributed by atoms with van der Waals surface area (Å²) in [5.74, 6) is 0.0725. The van der Waals surface area contributed by atoms with Crippen LogP contribution in [0.2, 0.25) is 0 Å². The molecule has 0 saturated carbocycles. The van der Waals surface area contributed by atoms with Crippen molar-refractivity contribution in [3.63, 3.8) is 0 Å². The second-order valence-electron chi connectivity index (χ2n) is 5.64. The summed E-state index contributed by atoms with van der Waals surface area (Å²) in [6.07, 6.45) is 0. The molecule has 1 fully saturated rings. The highest BCUT2D eigenvalue weighted by Crippen LogP contribution is 2.37. The largest absolute Gasteiger partial charge is 0.333 e. The molecule has 1 aliphatic heterocycles. The van der Waals surface area contributed by atoms with Crippen LogP contribution in [0.4, 0.5) is 10.5 Å². The van der Waals surface area contributed by atoms with Crippen molar-refractivity contribution in [1.82, 2.24) is 5.32 Å². The Balaban J connectivity index is 2.68. The minimum Gasteiger partial charge on any atom is -0.272 e. The molecule has 20 heavy (non-hydrogen) atoms. The van der Waals surface area contributed by atoms with Crippen LogP contribution in [0.15, 0.2) is 30.5 Å². The van der Waals surface area contributed by atoms with Gasteiger partial charge in [-0.25, -0.2) is 4.79 Å². The van der Waals surface area contributed by atoms with Crippen molar-refractivity contribution >= 4 is 17.6 Å². The van der Waals surface area contributed by atoms with Crippen LogP contribution in [-0.2, 0) is 4.79 Å². The van der Waals surface area contributed by atoms with Gasteiger partial charge >= 0.3 is 6.03 Å². The summed E-state index contributed by atoms with van der Waals surface area (Å²) in [6, 6.07) is 5.56. The monoisotopic (exact) mass is 272 g/mol. The van der Waals surface area contributed by atoms with E-state index in [-0.39, 0.29) is 17.5 Å². The van der Waals surface area contributed by atoms with Crippen LogP contribution in [0.1, 0.15) is 50.7 Å². The molecule has 0 aliphatic carbocycles. The number of urea groups is 1. The Morgan fingerprint density at radius 1 is 1.05 bits per heavy atom. The van der Waals surface area contributed by atoms with Crippen molar-refractivity contribution < 1.29 is 9.59 Å². The molecule has 1 aliphatic rings. The van der Waals surface area contributed by atoms with Crippen LogP contribution in [0.3, 0.4) is 0 Å². The van der Waals surface area contributed by atoms with Gasteiger partial charge in [0, 0.05) is 0 Å². The molecule has 4 heteroatoms. The van der Waals surface area contributed by atoms with E-state index >= 15 is 0 Å². The van der Waals surface area contributed by atoms with Crippen molar-refractivity contribution in [3.8, 4) is 0 Å². The van der Waals surface area contributed by atoms with Gasteiger partial charge in [0.1, 0.15) is 5.70 Å². The number of carbonyl (C=O) groups is 2. The van der Waals surface area contributed by atoms with Crippen molar-refractivity contribution in [1.29, 1.82) is 0 Å². The number of anilines is 1. The average molecular weight is 272 g/mol. The number of amides is 3. The van der Waals surface area contributed by atoms with E-state index in [2.05, 4.69) is 39.6 Å². The number of rotatable bonds is 3. The third kappa shape index (κ3) is 2.22. The first-order valence-electron chi connectivity index (χ1n) is 6.81. The maximum atomic E-state index is 12.1. The lowest BCUT2D eigenvalue weighted by atomic mass is 9.92. The molecule has 3 amide bonds. The zero-order valence-electron chi connectivity index (χ0n) is 12.4. The SMILES string of the molecule is C=C1C(=O)NC(=O)N1c1c(C(C)C)cccc1C(C)C. The zero-order valence-corrected chi connectivity index (χ0v) is 12.4. The third-order valence-corrected chi connectivity index (χ3v) is 3.52. The van der Waals surface area contributed by atoms with Crippen molar-refractivity contribution in [3.05, 3.63) is 41.6 Å². The van der Waals surface area contributed by atoms with E-state index in [0.29, 0.717) is 0 Å². The van der Waals surface area contributed by atoms with Gasteiger partial charge in [-0.05, 0) is 23.0 Å². The van der Waals surface area contributed by atoms with E-state index in [1.807, 2.05) is 18.2 Å². The van der Waals surface area contributed by atoms with Crippen molar-refractivity contribution in [2.24, 2.45) is 0 Å². The molecule has 4 nitrogen and oxygen atoms in total. The van der Waals surface area contributed by atoms with Crippen LogP contribution in [0, 0.1) is 0 Å². The first-order chi connectivity index (χ1) is 9.34. The van der Waals surface area contributed by atoms with E-state index in [0.717, 1.165) is 16.8 Å². The van der Waals surface area contributed by atoms with Crippen LogP contribution in [0.25, 0.3) is 0 Å². The summed E-state index contributed by atoms with van der Waals surface area (Å²) in [4.78, 5) is 25.1. The molecule has 0 atom stereocenters. The van der Waals surface area contributed by atoms with E-state index in [4.69, 9.17) is 0 Å². The van der Waals surface area contributed by atoms with Gasteiger partial charge in [0.15, 0.2) is 0 Å². The molecule has 1 aromatic rings. The number of hydrogen-bond donors (Lipinski definition) is 1. The summed E-state index contributed by atoms with van der Waals surface area (Å²) in [5, 5.41) is 2.30. The van der Waals surface area contributed by atoms with Gasteiger partial charge in [-0.1, -0.05) is 52.5 Å². The standard InChI is InChI=1S/C16H20N2O2/c1-9(2)12-7-6-8-13(10(3)4)14(12)18-11(5)15(19)17-16(18)20/h6-10H,5H2,1-4H3,(H,17,19,20). The maximum Gasteiger partial charge on any atom is 0.333 e. The minimum absolute atomic E-state index is 0.185. The van der Waals surface area contributed by atoms with Gasteiger partial charge < -0.3 is 0 Å². The Hall–Kier alpha value is -2.10. The molecular formula is C16H20N2O2. The number of benzene rings is 1. The Labute approximate surface area is 119 Å². The van der Waals surface area contributed by atoms with Crippen LogP contribution < -0.4 is 10.2 Å². The second-order valence-corrected chi connectivity index (χ2v) is 5.64.